The molecule has 0 saturated carbocycles. The maximum Gasteiger partial charge on any atom is 0.289 e. The highest BCUT2D eigenvalue weighted by Gasteiger charge is 2.28. The number of fused-ring (bicyclic) bond motifs is 1. The van der Waals surface area contributed by atoms with Crippen LogP contribution in [0.15, 0.2) is 22.6 Å². The predicted octanol–water partition coefficient (Wildman–Crippen LogP) is 4.02. The molecule has 2 heterocycles. The lowest BCUT2D eigenvalue weighted by Gasteiger charge is -2.33. The molecule has 0 spiro atoms. The van der Waals surface area contributed by atoms with Crippen LogP contribution in [0.25, 0.3) is 11.0 Å². The van der Waals surface area contributed by atoms with Gasteiger partial charge in [-0.05, 0) is 38.7 Å². The molecule has 23 heavy (non-hydrogen) atoms. The number of hydrogen-bond donors (Lipinski definition) is 1. The monoisotopic (exact) mass is 356 g/mol. The van der Waals surface area contributed by atoms with Crippen LogP contribution in [0.1, 0.15) is 35.9 Å². The van der Waals surface area contributed by atoms with Crippen LogP contribution in [0.5, 0.6) is 0 Å². The standard InChI is InChI=1S/C17H21ClN2O2.ClH/c1-10-13-4-3-5-14(18)16(13)22-15(10)17(21)20-8-6-12(7-9-20)11(2)19;/h3-5,11-12H,6-9,19H2,1-2H3;1H. The Kier molecular flexibility index (Phi) is 5.61. The van der Waals surface area contributed by atoms with Crippen LogP contribution in [0, 0.1) is 12.8 Å². The molecule has 3 rings (SSSR count). The van der Waals surface area contributed by atoms with Crippen molar-refractivity contribution < 1.29 is 9.21 Å². The number of aryl methyl sites for hydroxylation is 1. The van der Waals surface area contributed by atoms with Crippen molar-refractivity contribution in [1.82, 2.24) is 4.90 Å². The van der Waals surface area contributed by atoms with E-state index in [1.54, 1.807) is 6.07 Å². The second kappa shape index (κ2) is 7.12. The van der Waals surface area contributed by atoms with Crippen LogP contribution in [0.4, 0.5) is 0 Å². The van der Waals surface area contributed by atoms with E-state index in [0.717, 1.165) is 36.9 Å². The molecular weight excluding hydrogens is 335 g/mol. The summed E-state index contributed by atoms with van der Waals surface area (Å²) in [6.07, 6.45) is 1.90. The molecule has 1 unspecified atom stereocenters. The Labute approximate surface area is 147 Å². The Balaban J connectivity index is 0.00000192. The van der Waals surface area contributed by atoms with Gasteiger partial charge in [0.1, 0.15) is 0 Å². The van der Waals surface area contributed by atoms with E-state index in [2.05, 4.69) is 0 Å². The molecule has 1 saturated heterocycles. The van der Waals surface area contributed by atoms with Crippen LogP contribution < -0.4 is 5.73 Å². The van der Waals surface area contributed by atoms with Crippen molar-refractivity contribution in [2.24, 2.45) is 11.7 Å². The maximum absolute atomic E-state index is 12.7. The number of amides is 1. The SMILES string of the molecule is Cc1c(C(=O)N2CCC(C(C)N)CC2)oc2c(Cl)cccc12.Cl. The first-order chi connectivity index (χ1) is 10.5. The molecule has 1 amide bonds. The average molecular weight is 357 g/mol. The third-order valence-electron chi connectivity index (χ3n) is 4.68. The Hall–Kier alpha value is -1.23. The lowest BCUT2D eigenvalue weighted by Crippen LogP contribution is -2.42. The molecule has 1 aliphatic rings. The van der Waals surface area contributed by atoms with Gasteiger partial charge >= 0.3 is 0 Å². The van der Waals surface area contributed by atoms with E-state index < -0.39 is 0 Å². The zero-order valence-electron chi connectivity index (χ0n) is 13.3. The van der Waals surface area contributed by atoms with Gasteiger partial charge < -0.3 is 15.1 Å². The number of furan rings is 1. The summed E-state index contributed by atoms with van der Waals surface area (Å²) in [4.78, 5) is 14.6. The minimum atomic E-state index is -0.0482. The Bertz CT molecular complexity index is 704. The van der Waals surface area contributed by atoms with E-state index in [-0.39, 0.29) is 24.4 Å². The molecule has 1 aliphatic heterocycles. The van der Waals surface area contributed by atoms with E-state index in [1.807, 2.05) is 30.9 Å². The van der Waals surface area contributed by atoms with Gasteiger partial charge in [0.2, 0.25) is 0 Å². The minimum Gasteiger partial charge on any atom is -0.449 e. The number of hydrogen-bond acceptors (Lipinski definition) is 3. The summed E-state index contributed by atoms with van der Waals surface area (Å²) in [5.74, 6) is 0.852. The molecule has 1 fully saturated rings. The first-order valence-electron chi connectivity index (χ1n) is 7.71. The minimum absolute atomic E-state index is 0. The summed E-state index contributed by atoms with van der Waals surface area (Å²) in [5, 5.41) is 1.44. The second-order valence-corrected chi connectivity index (χ2v) is 6.57. The van der Waals surface area contributed by atoms with Crippen molar-refractivity contribution in [3.8, 4) is 0 Å². The number of para-hydroxylation sites is 1. The van der Waals surface area contributed by atoms with E-state index in [4.69, 9.17) is 21.8 Å². The number of likely N-dealkylation sites (tertiary alicyclic amines) is 1. The summed E-state index contributed by atoms with van der Waals surface area (Å²) in [6, 6.07) is 5.76. The first kappa shape index (κ1) is 18.1. The van der Waals surface area contributed by atoms with Crippen LogP contribution in [-0.4, -0.2) is 29.9 Å². The molecule has 2 aromatic rings. The predicted molar refractivity (Wildman–Crippen MR) is 95.5 cm³/mol. The molecule has 0 bridgehead atoms. The largest absolute Gasteiger partial charge is 0.449 e. The third-order valence-corrected chi connectivity index (χ3v) is 4.98. The number of halogens is 2. The van der Waals surface area contributed by atoms with Crippen molar-refractivity contribution in [2.75, 3.05) is 13.1 Å². The molecule has 1 aromatic heterocycles. The number of rotatable bonds is 2. The molecule has 1 atom stereocenters. The number of piperidine rings is 1. The molecule has 4 nitrogen and oxygen atoms in total. The van der Waals surface area contributed by atoms with E-state index >= 15 is 0 Å². The number of nitrogens with two attached hydrogens (primary N) is 1. The van der Waals surface area contributed by atoms with Crippen molar-refractivity contribution in [3.05, 3.63) is 34.5 Å². The molecule has 6 heteroatoms. The van der Waals surface area contributed by atoms with Gasteiger partial charge in [-0.15, -0.1) is 12.4 Å². The second-order valence-electron chi connectivity index (χ2n) is 6.16. The van der Waals surface area contributed by atoms with Crippen molar-refractivity contribution >= 4 is 40.9 Å². The highest BCUT2D eigenvalue weighted by atomic mass is 35.5. The number of carbonyl (C=O) groups is 1. The fourth-order valence-electron chi connectivity index (χ4n) is 3.18. The lowest BCUT2D eigenvalue weighted by atomic mass is 9.91. The van der Waals surface area contributed by atoms with Crippen LogP contribution in [-0.2, 0) is 0 Å². The van der Waals surface area contributed by atoms with Crippen molar-refractivity contribution in [1.29, 1.82) is 0 Å². The molecule has 126 valence electrons. The van der Waals surface area contributed by atoms with Gasteiger partial charge in [0.15, 0.2) is 11.3 Å². The van der Waals surface area contributed by atoms with Gasteiger partial charge in [0.05, 0.1) is 5.02 Å². The van der Waals surface area contributed by atoms with Gasteiger partial charge in [-0.25, -0.2) is 0 Å². The van der Waals surface area contributed by atoms with Gasteiger partial charge in [-0.1, -0.05) is 23.7 Å². The topological polar surface area (TPSA) is 59.5 Å². The average Bonchev–Trinajstić information content (AvgIpc) is 2.85. The molecule has 0 aliphatic carbocycles. The fourth-order valence-corrected chi connectivity index (χ4v) is 3.40. The van der Waals surface area contributed by atoms with Crippen LogP contribution in [0.3, 0.4) is 0 Å². The zero-order chi connectivity index (χ0) is 15.9. The van der Waals surface area contributed by atoms with Crippen molar-refractivity contribution in [2.45, 2.75) is 32.7 Å². The van der Waals surface area contributed by atoms with Crippen molar-refractivity contribution in [3.63, 3.8) is 0 Å². The smallest absolute Gasteiger partial charge is 0.289 e. The number of carbonyl (C=O) groups excluding carboxylic acids is 1. The highest BCUT2D eigenvalue weighted by Crippen LogP contribution is 2.32. The zero-order valence-corrected chi connectivity index (χ0v) is 14.9. The summed E-state index contributed by atoms with van der Waals surface area (Å²) in [7, 11) is 0. The number of benzene rings is 1. The van der Waals surface area contributed by atoms with Gasteiger partial charge in [-0.3, -0.25) is 4.79 Å². The van der Waals surface area contributed by atoms with Gasteiger partial charge in [0, 0.05) is 30.1 Å². The summed E-state index contributed by atoms with van der Waals surface area (Å²) < 4.78 is 5.77. The summed E-state index contributed by atoms with van der Waals surface area (Å²) in [6.45, 7) is 5.40. The number of nitrogens with zero attached hydrogens (tertiary/aromatic N) is 1. The van der Waals surface area contributed by atoms with E-state index in [1.165, 1.54) is 0 Å². The fraction of sp³-hybridized carbons (Fsp3) is 0.471. The Morgan fingerprint density at radius 2 is 2.04 bits per heavy atom. The lowest BCUT2D eigenvalue weighted by molar-refractivity contribution is 0.0650. The van der Waals surface area contributed by atoms with E-state index in [9.17, 15) is 4.79 Å². The molecular formula is C17H22Cl2N2O2. The van der Waals surface area contributed by atoms with Gasteiger partial charge in [-0.2, -0.15) is 0 Å². The Morgan fingerprint density at radius 1 is 1.39 bits per heavy atom. The van der Waals surface area contributed by atoms with Crippen LogP contribution in [0.2, 0.25) is 5.02 Å². The summed E-state index contributed by atoms with van der Waals surface area (Å²) >= 11 is 6.15. The Morgan fingerprint density at radius 3 is 2.61 bits per heavy atom. The highest BCUT2D eigenvalue weighted by molar-refractivity contribution is 6.35. The maximum atomic E-state index is 12.7. The molecule has 1 aromatic carbocycles. The van der Waals surface area contributed by atoms with E-state index in [0.29, 0.717) is 22.3 Å². The first-order valence-corrected chi connectivity index (χ1v) is 8.09. The normalized spacial score (nSPS) is 17.1. The third kappa shape index (κ3) is 3.35. The van der Waals surface area contributed by atoms with Gasteiger partial charge in [0.25, 0.3) is 5.91 Å². The quantitative estimate of drug-likeness (QED) is 0.883. The molecule has 0 radical (unpaired) electrons. The molecule has 2 N–H and O–H groups in total. The summed E-state index contributed by atoms with van der Waals surface area (Å²) in [5.41, 5.74) is 7.41. The van der Waals surface area contributed by atoms with Crippen LogP contribution >= 0.6 is 24.0 Å².